The first kappa shape index (κ1) is 11.1. The van der Waals surface area contributed by atoms with Crippen molar-refractivity contribution in [3.63, 3.8) is 0 Å². The van der Waals surface area contributed by atoms with Gasteiger partial charge >= 0.3 is 0 Å². The van der Waals surface area contributed by atoms with Gasteiger partial charge in [-0.3, -0.25) is 4.98 Å². The van der Waals surface area contributed by atoms with Crippen molar-refractivity contribution in [2.75, 3.05) is 0 Å². The Morgan fingerprint density at radius 3 is 2.60 bits per heavy atom. The van der Waals surface area contributed by atoms with E-state index in [2.05, 4.69) is 4.98 Å². The van der Waals surface area contributed by atoms with Crippen molar-refractivity contribution in [3.8, 4) is 12.1 Å². The van der Waals surface area contributed by atoms with Crippen molar-refractivity contribution < 1.29 is 8.78 Å². The second-order valence-corrected chi connectivity index (χ2v) is 2.91. The van der Waals surface area contributed by atoms with Crippen LogP contribution in [0, 0.1) is 29.6 Å². The van der Waals surface area contributed by atoms with Crippen LogP contribution in [0.15, 0.2) is 6.07 Å². The van der Waals surface area contributed by atoms with Crippen LogP contribution in [0.5, 0.6) is 0 Å². The Labute approximate surface area is 85.6 Å². The Morgan fingerprint density at radius 1 is 1.47 bits per heavy atom. The molecule has 1 aromatic rings. The van der Waals surface area contributed by atoms with E-state index >= 15 is 0 Å². The van der Waals surface area contributed by atoms with Gasteiger partial charge in [0, 0.05) is 0 Å². The second-order valence-electron chi connectivity index (χ2n) is 2.91. The van der Waals surface area contributed by atoms with Crippen molar-refractivity contribution in [2.45, 2.75) is 19.8 Å². The summed E-state index contributed by atoms with van der Waals surface area (Å²) < 4.78 is 24.8. The molecule has 0 bridgehead atoms. The van der Waals surface area contributed by atoms with Crippen LogP contribution in [-0.4, -0.2) is 4.98 Å². The SMILES string of the molecule is Cc1c(C#N)cc(C(F)F)nc1CC#N. The standard InChI is InChI=1S/C10H7F2N3/c1-6-7(5-14)4-9(10(11)12)15-8(6)2-3-13/h4,10H,2H2,1H3. The molecule has 0 amide bonds. The Balaban J connectivity index is 3.34. The van der Waals surface area contributed by atoms with Gasteiger partial charge in [0.1, 0.15) is 5.69 Å². The first-order valence-corrected chi connectivity index (χ1v) is 4.15. The highest BCUT2D eigenvalue weighted by molar-refractivity contribution is 5.41. The lowest BCUT2D eigenvalue weighted by molar-refractivity contribution is 0.146. The van der Waals surface area contributed by atoms with Crippen molar-refractivity contribution in [3.05, 3.63) is 28.6 Å². The number of halogens is 2. The van der Waals surface area contributed by atoms with Gasteiger partial charge in [0.25, 0.3) is 6.43 Å². The highest BCUT2D eigenvalue weighted by Gasteiger charge is 2.14. The van der Waals surface area contributed by atoms with E-state index in [0.717, 1.165) is 6.07 Å². The molecule has 0 N–H and O–H groups in total. The Bertz CT molecular complexity index is 455. The zero-order valence-corrected chi connectivity index (χ0v) is 7.96. The number of nitriles is 2. The molecule has 0 spiro atoms. The van der Waals surface area contributed by atoms with Crippen molar-refractivity contribution in [1.29, 1.82) is 10.5 Å². The Kier molecular flexibility index (Phi) is 3.30. The summed E-state index contributed by atoms with van der Waals surface area (Å²) in [7, 11) is 0. The van der Waals surface area contributed by atoms with E-state index in [4.69, 9.17) is 10.5 Å². The predicted molar refractivity (Wildman–Crippen MR) is 48.0 cm³/mol. The zero-order chi connectivity index (χ0) is 11.4. The second kappa shape index (κ2) is 4.47. The molecule has 1 heterocycles. The zero-order valence-electron chi connectivity index (χ0n) is 7.96. The van der Waals surface area contributed by atoms with Gasteiger partial charge in [0.2, 0.25) is 0 Å². The number of rotatable bonds is 2. The molecular formula is C10H7F2N3. The fourth-order valence-electron chi connectivity index (χ4n) is 1.16. The number of aromatic nitrogens is 1. The van der Waals surface area contributed by atoms with E-state index in [-0.39, 0.29) is 17.7 Å². The molecule has 0 aliphatic rings. The average molecular weight is 207 g/mol. The van der Waals surface area contributed by atoms with Crippen LogP contribution in [0.3, 0.4) is 0 Å². The summed E-state index contributed by atoms with van der Waals surface area (Å²) in [5.74, 6) is 0. The summed E-state index contributed by atoms with van der Waals surface area (Å²) in [4.78, 5) is 3.65. The topological polar surface area (TPSA) is 60.5 Å². The van der Waals surface area contributed by atoms with E-state index < -0.39 is 12.1 Å². The molecule has 0 saturated carbocycles. The number of hydrogen-bond acceptors (Lipinski definition) is 3. The van der Waals surface area contributed by atoms with Gasteiger partial charge in [0.15, 0.2) is 0 Å². The summed E-state index contributed by atoms with van der Waals surface area (Å²) >= 11 is 0. The highest BCUT2D eigenvalue weighted by Crippen LogP contribution is 2.21. The maximum Gasteiger partial charge on any atom is 0.280 e. The smallest absolute Gasteiger partial charge is 0.250 e. The molecule has 0 saturated heterocycles. The van der Waals surface area contributed by atoms with Crippen LogP contribution in [0.1, 0.15) is 28.9 Å². The summed E-state index contributed by atoms with van der Waals surface area (Å²) in [6.07, 6.45) is -2.80. The lowest BCUT2D eigenvalue weighted by Crippen LogP contribution is -2.01. The molecule has 0 fully saturated rings. The van der Waals surface area contributed by atoms with Gasteiger partial charge < -0.3 is 0 Å². The summed E-state index contributed by atoms with van der Waals surface area (Å²) in [5, 5.41) is 17.2. The van der Waals surface area contributed by atoms with E-state index in [0.29, 0.717) is 5.56 Å². The van der Waals surface area contributed by atoms with E-state index in [9.17, 15) is 8.78 Å². The van der Waals surface area contributed by atoms with Crippen molar-refractivity contribution >= 4 is 0 Å². The molecule has 5 heteroatoms. The molecule has 3 nitrogen and oxygen atoms in total. The van der Waals surface area contributed by atoms with Gasteiger partial charge in [-0.1, -0.05) is 0 Å². The number of nitrogens with zero attached hydrogens (tertiary/aromatic N) is 3. The fourth-order valence-corrected chi connectivity index (χ4v) is 1.16. The Morgan fingerprint density at radius 2 is 2.13 bits per heavy atom. The van der Waals surface area contributed by atoms with Crippen LogP contribution in [0.4, 0.5) is 8.78 Å². The monoisotopic (exact) mass is 207 g/mol. The highest BCUT2D eigenvalue weighted by atomic mass is 19.3. The normalized spacial score (nSPS) is 9.73. The van der Waals surface area contributed by atoms with Crippen LogP contribution in [0.2, 0.25) is 0 Å². The molecule has 0 aliphatic carbocycles. The molecule has 0 unspecified atom stereocenters. The maximum absolute atomic E-state index is 12.4. The van der Waals surface area contributed by atoms with Gasteiger partial charge in [-0.15, -0.1) is 0 Å². The van der Waals surface area contributed by atoms with E-state index in [1.54, 1.807) is 13.0 Å². The molecule has 0 aromatic carbocycles. The molecule has 76 valence electrons. The maximum atomic E-state index is 12.4. The third kappa shape index (κ3) is 2.26. The lowest BCUT2D eigenvalue weighted by atomic mass is 10.1. The number of hydrogen-bond donors (Lipinski definition) is 0. The quantitative estimate of drug-likeness (QED) is 0.747. The first-order chi connectivity index (χ1) is 7.10. The predicted octanol–water partition coefficient (Wildman–Crippen LogP) is 2.27. The van der Waals surface area contributed by atoms with Gasteiger partial charge in [-0.2, -0.15) is 10.5 Å². The minimum absolute atomic E-state index is 0.0684. The Hall–Kier alpha value is -2.01. The van der Waals surface area contributed by atoms with Gasteiger partial charge in [-0.05, 0) is 18.6 Å². The third-order valence-corrected chi connectivity index (χ3v) is 1.98. The fraction of sp³-hybridized carbons (Fsp3) is 0.300. The minimum atomic E-state index is -2.73. The molecule has 1 rings (SSSR count). The number of alkyl halides is 2. The molecule has 1 aromatic heterocycles. The lowest BCUT2D eigenvalue weighted by Gasteiger charge is -2.06. The third-order valence-electron chi connectivity index (χ3n) is 1.98. The van der Waals surface area contributed by atoms with Gasteiger partial charge in [0.05, 0.1) is 29.8 Å². The molecular weight excluding hydrogens is 200 g/mol. The van der Waals surface area contributed by atoms with Crippen molar-refractivity contribution in [2.24, 2.45) is 0 Å². The van der Waals surface area contributed by atoms with Crippen LogP contribution in [-0.2, 0) is 6.42 Å². The summed E-state index contributed by atoms with van der Waals surface area (Å²) in [6, 6.07) is 4.69. The summed E-state index contributed by atoms with van der Waals surface area (Å²) in [5.41, 5.74) is 0.420. The molecule has 0 aliphatic heterocycles. The van der Waals surface area contributed by atoms with Crippen molar-refractivity contribution in [1.82, 2.24) is 4.98 Å². The van der Waals surface area contributed by atoms with E-state index in [1.807, 2.05) is 6.07 Å². The van der Waals surface area contributed by atoms with Gasteiger partial charge in [-0.25, -0.2) is 8.78 Å². The van der Waals surface area contributed by atoms with Crippen LogP contribution >= 0.6 is 0 Å². The molecule has 0 atom stereocenters. The van der Waals surface area contributed by atoms with Crippen LogP contribution in [0.25, 0.3) is 0 Å². The minimum Gasteiger partial charge on any atom is -0.250 e. The largest absolute Gasteiger partial charge is 0.280 e. The average Bonchev–Trinajstić information content (AvgIpc) is 2.21. The molecule has 15 heavy (non-hydrogen) atoms. The van der Waals surface area contributed by atoms with E-state index in [1.165, 1.54) is 0 Å². The molecule has 0 radical (unpaired) electrons. The first-order valence-electron chi connectivity index (χ1n) is 4.15. The summed E-state index contributed by atoms with van der Waals surface area (Å²) in [6.45, 7) is 1.59. The van der Waals surface area contributed by atoms with Crippen LogP contribution < -0.4 is 0 Å². The number of pyridine rings is 1.